The van der Waals surface area contributed by atoms with Crippen molar-refractivity contribution in [3.8, 4) is 11.5 Å². The fourth-order valence-electron chi connectivity index (χ4n) is 4.93. The number of allylic oxidation sites excluding steroid dienone is 2. The second-order valence-electron chi connectivity index (χ2n) is 8.54. The van der Waals surface area contributed by atoms with Crippen LogP contribution in [0.25, 0.3) is 0 Å². The van der Waals surface area contributed by atoms with Gasteiger partial charge in [-0.15, -0.1) is 0 Å². The van der Waals surface area contributed by atoms with E-state index in [-0.39, 0.29) is 17.5 Å². The summed E-state index contributed by atoms with van der Waals surface area (Å²) in [7, 11) is 2.80. The maximum atomic E-state index is 13.5. The minimum Gasteiger partial charge on any atom is -0.493 e. The molecule has 176 valence electrons. The third-order valence-corrected chi connectivity index (χ3v) is 6.42. The van der Waals surface area contributed by atoms with E-state index in [4.69, 9.17) is 19.2 Å². The molecule has 1 aliphatic carbocycles. The Bertz CT molecular complexity index is 1200. The molecule has 0 fully saturated rings. The molecule has 0 saturated carbocycles. The maximum Gasteiger partial charge on any atom is 0.315 e. The quantitative estimate of drug-likeness (QED) is 0.485. The first-order chi connectivity index (χ1) is 16.3. The average Bonchev–Trinajstić information content (AvgIpc) is 2.83. The van der Waals surface area contributed by atoms with Crippen molar-refractivity contribution in [2.24, 2.45) is 10.9 Å². The SMILES string of the molecule is COC(=O)C1C(C)=NC2=C(C(=O)C[C@H](c3ccccc3)C2)[C@H]1c1ccc(OC(C)=O)c(OC)c1. The number of hydrogen-bond acceptors (Lipinski definition) is 7. The van der Waals surface area contributed by atoms with Crippen LogP contribution in [-0.2, 0) is 19.1 Å². The molecule has 0 spiro atoms. The Labute approximate surface area is 198 Å². The highest BCUT2D eigenvalue weighted by Crippen LogP contribution is 2.47. The fraction of sp³-hybridized carbons (Fsp3) is 0.333. The highest BCUT2D eigenvalue weighted by atomic mass is 16.6. The number of hydrogen-bond donors (Lipinski definition) is 0. The monoisotopic (exact) mass is 461 g/mol. The smallest absolute Gasteiger partial charge is 0.315 e. The summed E-state index contributed by atoms with van der Waals surface area (Å²) in [6, 6.07) is 15.0. The van der Waals surface area contributed by atoms with Crippen LogP contribution in [0.1, 0.15) is 49.7 Å². The van der Waals surface area contributed by atoms with Crippen LogP contribution in [0, 0.1) is 5.92 Å². The van der Waals surface area contributed by atoms with Crippen molar-refractivity contribution in [1.82, 2.24) is 0 Å². The number of ketones is 1. The zero-order valence-electron chi connectivity index (χ0n) is 19.7. The summed E-state index contributed by atoms with van der Waals surface area (Å²) in [5.41, 5.74) is 3.62. The molecule has 1 unspecified atom stereocenters. The van der Waals surface area contributed by atoms with Gasteiger partial charge in [-0.05, 0) is 42.5 Å². The Morgan fingerprint density at radius 2 is 1.71 bits per heavy atom. The van der Waals surface area contributed by atoms with Crippen molar-refractivity contribution in [2.75, 3.05) is 14.2 Å². The minimum atomic E-state index is -0.745. The van der Waals surface area contributed by atoms with Crippen LogP contribution in [-0.4, -0.2) is 37.7 Å². The van der Waals surface area contributed by atoms with Crippen LogP contribution in [0.5, 0.6) is 11.5 Å². The van der Waals surface area contributed by atoms with Gasteiger partial charge in [0.2, 0.25) is 0 Å². The lowest BCUT2D eigenvalue weighted by atomic mass is 9.69. The van der Waals surface area contributed by atoms with E-state index < -0.39 is 23.8 Å². The zero-order chi connectivity index (χ0) is 24.4. The summed E-state index contributed by atoms with van der Waals surface area (Å²) in [4.78, 5) is 42.6. The first kappa shape index (κ1) is 23.4. The molecule has 4 rings (SSSR count). The summed E-state index contributed by atoms with van der Waals surface area (Å²) in [5, 5.41) is 0. The van der Waals surface area contributed by atoms with E-state index >= 15 is 0 Å². The number of rotatable bonds is 5. The predicted molar refractivity (Wildman–Crippen MR) is 126 cm³/mol. The minimum absolute atomic E-state index is 0.0280. The van der Waals surface area contributed by atoms with Crippen LogP contribution in [0.2, 0.25) is 0 Å². The van der Waals surface area contributed by atoms with Crippen LogP contribution >= 0.6 is 0 Å². The summed E-state index contributed by atoms with van der Waals surface area (Å²) in [6.07, 6.45) is 0.944. The summed E-state index contributed by atoms with van der Waals surface area (Å²) in [6.45, 7) is 3.10. The highest BCUT2D eigenvalue weighted by Gasteiger charge is 2.44. The zero-order valence-corrected chi connectivity index (χ0v) is 19.7. The molecule has 3 atom stereocenters. The van der Waals surface area contributed by atoms with Gasteiger partial charge in [0, 0.05) is 36.2 Å². The number of Topliss-reactive ketones (excluding diaryl/α,β-unsaturated/α-hetero) is 1. The largest absolute Gasteiger partial charge is 0.493 e. The number of benzene rings is 2. The summed E-state index contributed by atoms with van der Waals surface area (Å²) < 4.78 is 15.8. The third kappa shape index (κ3) is 4.38. The lowest BCUT2D eigenvalue weighted by molar-refractivity contribution is -0.143. The van der Waals surface area contributed by atoms with E-state index in [2.05, 4.69) is 0 Å². The number of methoxy groups -OCH3 is 2. The van der Waals surface area contributed by atoms with Crippen molar-refractivity contribution in [2.45, 2.75) is 38.5 Å². The van der Waals surface area contributed by atoms with Gasteiger partial charge in [-0.3, -0.25) is 19.4 Å². The number of nitrogens with zero attached hydrogens (tertiary/aromatic N) is 1. The van der Waals surface area contributed by atoms with E-state index in [0.717, 1.165) is 5.56 Å². The molecular formula is C27H27NO6. The molecule has 7 nitrogen and oxygen atoms in total. The Morgan fingerprint density at radius 1 is 0.971 bits per heavy atom. The predicted octanol–water partition coefficient (Wildman–Crippen LogP) is 4.37. The maximum absolute atomic E-state index is 13.5. The van der Waals surface area contributed by atoms with Crippen molar-refractivity contribution in [1.29, 1.82) is 0 Å². The molecular weight excluding hydrogens is 434 g/mol. The molecule has 2 aliphatic rings. The average molecular weight is 462 g/mol. The molecule has 7 heteroatoms. The molecule has 2 aromatic rings. The van der Waals surface area contributed by atoms with Gasteiger partial charge in [0.05, 0.1) is 14.2 Å². The molecule has 2 aromatic carbocycles. The Kier molecular flexibility index (Phi) is 6.63. The van der Waals surface area contributed by atoms with Gasteiger partial charge in [-0.25, -0.2) is 0 Å². The summed E-state index contributed by atoms with van der Waals surface area (Å²) >= 11 is 0. The standard InChI is InChI=1S/C27H27NO6/c1-15-24(27(31)33-4)25(18-10-11-22(34-16(2)29)23(14-18)32-3)26-20(28-15)12-19(13-21(26)30)17-8-6-5-7-9-17/h5-11,14,19,24-25H,12-13H2,1-4H3/t19-,24?,25+/m1/s1. The molecule has 34 heavy (non-hydrogen) atoms. The van der Waals surface area contributed by atoms with Crippen LogP contribution in [0.3, 0.4) is 0 Å². The normalized spacial score (nSPS) is 21.9. The number of carbonyl (C=O) groups excluding carboxylic acids is 3. The van der Waals surface area contributed by atoms with Gasteiger partial charge >= 0.3 is 11.9 Å². The van der Waals surface area contributed by atoms with Crippen LogP contribution < -0.4 is 9.47 Å². The Balaban J connectivity index is 1.82. The summed E-state index contributed by atoms with van der Waals surface area (Å²) in [5.74, 6) is -1.66. The molecule has 1 aliphatic heterocycles. The molecule has 0 bridgehead atoms. The van der Waals surface area contributed by atoms with Gasteiger partial charge in [0.1, 0.15) is 5.92 Å². The van der Waals surface area contributed by atoms with Gasteiger partial charge in [-0.1, -0.05) is 36.4 Å². The first-order valence-electron chi connectivity index (χ1n) is 11.1. The van der Waals surface area contributed by atoms with Crippen molar-refractivity contribution < 1.29 is 28.6 Å². The van der Waals surface area contributed by atoms with Crippen LogP contribution in [0.15, 0.2) is 64.8 Å². The van der Waals surface area contributed by atoms with E-state index in [1.807, 2.05) is 30.3 Å². The van der Waals surface area contributed by atoms with E-state index in [1.165, 1.54) is 21.1 Å². The third-order valence-electron chi connectivity index (χ3n) is 6.42. The molecule has 0 saturated heterocycles. The van der Waals surface area contributed by atoms with E-state index in [0.29, 0.717) is 41.1 Å². The van der Waals surface area contributed by atoms with E-state index in [1.54, 1.807) is 25.1 Å². The topological polar surface area (TPSA) is 91.3 Å². The van der Waals surface area contributed by atoms with Crippen LogP contribution in [0.4, 0.5) is 0 Å². The second-order valence-corrected chi connectivity index (χ2v) is 8.54. The number of esters is 2. The molecule has 0 aromatic heterocycles. The van der Waals surface area contributed by atoms with Crippen molar-refractivity contribution in [3.05, 3.63) is 70.9 Å². The first-order valence-corrected chi connectivity index (χ1v) is 11.1. The Hall–Kier alpha value is -3.74. The van der Waals surface area contributed by atoms with Gasteiger partial charge in [-0.2, -0.15) is 0 Å². The molecule has 0 amide bonds. The van der Waals surface area contributed by atoms with Gasteiger partial charge in [0.25, 0.3) is 0 Å². The molecule has 0 radical (unpaired) electrons. The molecule has 1 heterocycles. The number of ether oxygens (including phenoxy) is 3. The number of carbonyl (C=O) groups is 3. The van der Waals surface area contributed by atoms with Gasteiger partial charge < -0.3 is 14.2 Å². The van der Waals surface area contributed by atoms with Gasteiger partial charge in [0.15, 0.2) is 17.3 Å². The lowest BCUT2D eigenvalue weighted by Gasteiger charge is -2.36. The fourth-order valence-corrected chi connectivity index (χ4v) is 4.93. The Morgan fingerprint density at radius 3 is 2.35 bits per heavy atom. The lowest BCUT2D eigenvalue weighted by Crippen LogP contribution is -2.37. The number of aliphatic imine (C=N–C) groups is 1. The molecule has 0 N–H and O–H groups in total. The van der Waals surface area contributed by atoms with E-state index in [9.17, 15) is 14.4 Å². The second kappa shape index (κ2) is 9.63. The highest BCUT2D eigenvalue weighted by molar-refractivity contribution is 6.09. The van der Waals surface area contributed by atoms with Crippen molar-refractivity contribution in [3.63, 3.8) is 0 Å². The van der Waals surface area contributed by atoms with Crippen molar-refractivity contribution >= 4 is 23.4 Å².